The van der Waals surface area contributed by atoms with Crippen molar-refractivity contribution in [1.82, 2.24) is 4.57 Å². The van der Waals surface area contributed by atoms with Crippen LogP contribution in [0.5, 0.6) is 0 Å². The van der Waals surface area contributed by atoms with Crippen molar-refractivity contribution in [2.45, 2.75) is 20.8 Å². The molecule has 1 aromatic carbocycles. The molecule has 4 nitrogen and oxygen atoms in total. The van der Waals surface area contributed by atoms with Crippen molar-refractivity contribution in [2.75, 3.05) is 0 Å². The molecule has 2 rings (SSSR count). The van der Waals surface area contributed by atoms with Crippen molar-refractivity contribution in [2.24, 2.45) is 0 Å². The number of benzene rings is 1. The fourth-order valence-corrected chi connectivity index (χ4v) is 2.03. The van der Waals surface area contributed by atoms with E-state index in [1.807, 2.05) is 32.0 Å². The second-order valence-corrected chi connectivity index (χ2v) is 4.66. The van der Waals surface area contributed by atoms with E-state index in [-0.39, 0.29) is 5.56 Å². The second kappa shape index (κ2) is 4.72. The van der Waals surface area contributed by atoms with Crippen LogP contribution in [-0.4, -0.2) is 15.6 Å². The van der Waals surface area contributed by atoms with E-state index in [1.54, 1.807) is 11.5 Å². The van der Waals surface area contributed by atoms with Crippen LogP contribution in [0, 0.1) is 20.8 Å². The van der Waals surface area contributed by atoms with Gasteiger partial charge in [0.05, 0.1) is 0 Å². The van der Waals surface area contributed by atoms with Crippen LogP contribution >= 0.6 is 0 Å². The van der Waals surface area contributed by atoms with Crippen molar-refractivity contribution < 1.29 is 9.90 Å². The Kier molecular flexibility index (Phi) is 3.25. The lowest BCUT2D eigenvalue weighted by molar-refractivity contribution is 0.0695. The number of rotatable bonds is 2. The van der Waals surface area contributed by atoms with Gasteiger partial charge in [-0.05, 0) is 38.0 Å². The monoisotopic (exact) mass is 257 g/mol. The molecule has 0 aliphatic rings. The first-order valence-corrected chi connectivity index (χ1v) is 5.94. The Hall–Kier alpha value is -2.36. The van der Waals surface area contributed by atoms with Gasteiger partial charge in [-0.2, -0.15) is 0 Å². The van der Waals surface area contributed by atoms with Gasteiger partial charge in [0.15, 0.2) is 5.43 Å². The molecule has 0 saturated heterocycles. The zero-order valence-electron chi connectivity index (χ0n) is 11.1. The standard InChI is InChI=1S/C15H15NO3/c1-9-4-5-10(2)13(6-9)16-8-12(15(18)19)14(17)7-11(16)3/h4-8H,1-3H3,(H,18,19). The Labute approximate surface area is 110 Å². The van der Waals surface area contributed by atoms with Gasteiger partial charge in [0.25, 0.3) is 0 Å². The number of carboxylic acids is 1. The van der Waals surface area contributed by atoms with Crippen LogP contribution in [0.15, 0.2) is 35.3 Å². The van der Waals surface area contributed by atoms with Gasteiger partial charge in [0, 0.05) is 23.6 Å². The first-order chi connectivity index (χ1) is 8.90. The summed E-state index contributed by atoms with van der Waals surface area (Å²) < 4.78 is 1.74. The molecule has 1 N–H and O–H groups in total. The number of pyridine rings is 1. The summed E-state index contributed by atoms with van der Waals surface area (Å²) >= 11 is 0. The van der Waals surface area contributed by atoms with Crippen LogP contribution in [0.4, 0.5) is 0 Å². The van der Waals surface area contributed by atoms with Crippen molar-refractivity contribution >= 4 is 5.97 Å². The second-order valence-electron chi connectivity index (χ2n) is 4.66. The summed E-state index contributed by atoms with van der Waals surface area (Å²) in [5.74, 6) is -1.20. The minimum Gasteiger partial charge on any atom is -0.477 e. The third-order valence-electron chi connectivity index (χ3n) is 3.10. The average Bonchev–Trinajstić information content (AvgIpc) is 2.32. The summed E-state index contributed by atoms with van der Waals surface area (Å²) in [4.78, 5) is 22.7. The van der Waals surface area contributed by atoms with Gasteiger partial charge in [-0.25, -0.2) is 4.79 Å². The van der Waals surface area contributed by atoms with E-state index in [4.69, 9.17) is 5.11 Å². The van der Waals surface area contributed by atoms with Crippen molar-refractivity contribution in [1.29, 1.82) is 0 Å². The maximum atomic E-state index is 11.6. The first kappa shape index (κ1) is 13.1. The lowest BCUT2D eigenvalue weighted by atomic mass is 10.1. The Balaban J connectivity index is 2.75. The molecule has 0 atom stereocenters. The highest BCUT2D eigenvalue weighted by Gasteiger charge is 2.12. The van der Waals surface area contributed by atoms with E-state index in [1.165, 1.54) is 12.3 Å². The molecule has 19 heavy (non-hydrogen) atoms. The van der Waals surface area contributed by atoms with E-state index < -0.39 is 11.4 Å². The smallest absolute Gasteiger partial charge is 0.341 e. The highest BCUT2D eigenvalue weighted by molar-refractivity contribution is 5.87. The predicted octanol–water partition coefficient (Wildman–Crippen LogP) is 2.46. The summed E-state index contributed by atoms with van der Waals surface area (Å²) in [7, 11) is 0. The fourth-order valence-electron chi connectivity index (χ4n) is 2.03. The van der Waals surface area contributed by atoms with Crippen LogP contribution in [-0.2, 0) is 0 Å². The molecule has 0 aliphatic carbocycles. The Bertz CT molecular complexity index is 714. The zero-order valence-corrected chi connectivity index (χ0v) is 11.1. The summed E-state index contributed by atoms with van der Waals surface area (Å²) in [6.07, 6.45) is 1.39. The molecule has 1 heterocycles. The maximum absolute atomic E-state index is 11.6. The summed E-state index contributed by atoms with van der Waals surface area (Å²) in [5.41, 5.74) is 3.02. The van der Waals surface area contributed by atoms with Crippen LogP contribution in [0.2, 0.25) is 0 Å². The number of hydrogen-bond donors (Lipinski definition) is 1. The quantitative estimate of drug-likeness (QED) is 0.899. The van der Waals surface area contributed by atoms with E-state index in [2.05, 4.69) is 0 Å². The van der Waals surface area contributed by atoms with E-state index in [0.717, 1.165) is 16.8 Å². The topological polar surface area (TPSA) is 59.3 Å². The van der Waals surface area contributed by atoms with E-state index in [9.17, 15) is 9.59 Å². The molecule has 0 saturated carbocycles. The summed E-state index contributed by atoms with van der Waals surface area (Å²) in [6, 6.07) is 7.29. The minimum absolute atomic E-state index is 0.216. The highest BCUT2D eigenvalue weighted by atomic mass is 16.4. The van der Waals surface area contributed by atoms with Crippen molar-refractivity contribution in [3.8, 4) is 5.69 Å². The SMILES string of the molecule is Cc1ccc(C)c(-n2cc(C(=O)O)c(=O)cc2C)c1. The Morgan fingerprint density at radius 3 is 2.47 bits per heavy atom. The molecule has 0 unspecified atom stereocenters. The number of carboxylic acid groups (broad SMARTS) is 1. The molecular formula is C15H15NO3. The number of hydrogen-bond acceptors (Lipinski definition) is 2. The van der Waals surface area contributed by atoms with Crippen LogP contribution < -0.4 is 5.43 Å². The number of aromatic nitrogens is 1. The van der Waals surface area contributed by atoms with Gasteiger partial charge in [-0.1, -0.05) is 12.1 Å². The molecule has 2 aromatic rings. The minimum atomic E-state index is -1.20. The number of carbonyl (C=O) groups is 1. The van der Waals surface area contributed by atoms with Crippen LogP contribution in [0.3, 0.4) is 0 Å². The lowest BCUT2D eigenvalue weighted by Gasteiger charge is -2.14. The van der Waals surface area contributed by atoms with E-state index in [0.29, 0.717) is 5.69 Å². The van der Waals surface area contributed by atoms with Gasteiger partial charge in [0.2, 0.25) is 0 Å². The molecule has 0 amide bonds. The molecule has 98 valence electrons. The number of aromatic carboxylic acids is 1. The largest absolute Gasteiger partial charge is 0.477 e. The molecule has 0 bridgehead atoms. The van der Waals surface area contributed by atoms with Gasteiger partial charge in [-0.3, -0.25) is 4.79 Å². The van der Waals surface area contributed by atoms with Crippen molar-refractivity contribution in [3.63, 3.8) is 0 Å². The molecule has 0 spiro atoms. The normalized spacial score (nSPS) is 10.5. The summed E-state index contributed by atoms with van der Waals surface area (Å²) in [6.45, 7) is 5.71. The Morgan fingerprint density at radius 2 is 1.84 bits per heavy atom. The number of nitrogens with zero attached hydrogens (tertiary/aromatic N) is 1. The van der Waals surface area contributed by atoms with Crippen LogP contribution in [0.25, 0.3) is 5.69 Å². The maximum Gasteiger partial charge on any atom is 0.341 e. The summed E-state index contributed by atoms with van der Waals surface area (Å²) in [5, 5.41) is 9.04. The predicted molar refractivity (Wildman–Crippen MR) is 73.2 cm³/mol. The van der Waals surface area contributed by atoms with Gasteiger partial charge in [0.1, 0.15) is 5.56 Å². The molecular weight excluding hydrogens is 242 g/mol. The fraction of sp³-hybridized carbons (Fsp3) is 0.200. The van der Waals surface area contributed by atoms with Crippen LogP contribution in [0.1, 0.15) is 27.2 Å². The molecule has 4 heteroatoms. The van der Waals surface area contributed by atoms with Gasteiger partial charge in [-0.15, -0.1) is 0 Å². The Morgan fingerprint density at radius 1 is 1.16 bits per heavy atom. The molecule has 0 radical (unpaired) electrons. The highest BCUT2D eigenvalue weighted by Crippen LogP contribution is 2.17. The third-order valence-corrected chi connectivity index (χ3v) is 3.10. The zero-order chi connectivity index (χ0) is 14.2. The molecule has 0 aliphatic heterocycles. The third kappa shape index (κ3) is 2.42. The van der Waals surface area contributed by atoms with Gasteiger partial charge >= 0.3 is 5.97 Å². The first-order valence-electron chi connectivity index (χ1n) is 5.94. The molecule has 0 fully saturated rings. The average molecular weight is 257 g/mol. The van der Waals surface area contributed by atoms with Crippen molar-refractivity contribution in [3.05, 3.63) is 63.1 Å². The number of aryl methyl sites for hydroxylation is 3. The lowest BCUT2D eigenvalue weighted by Crippen LogP contribution is -2.18. The van der Waals surface area contributed by atoms with E-state index >= 15 is 0 Å². The molecule has 1 aromatic heterocycles. The van der Waals surface area contributed by atoms with Gasteiger partial charge < -0.3 is 9.67 Å².